The molecule has 0 atom stereocenters. The number of anilines is 1. The molecule has 33 heavy (non-hydrogen) atoms. The minimum Gasteiger partial charge on any atom is -0.306 e. The predicted molar refractivity (Wildman–Crippen MR) is 134 cm³/mol. The van der Waals surface area contributed by atoms with Crippen molar-refractivity contribution in [2.45, 2.75) is 27.7 Å². The molecule has 1 aromatic heterocycles. The van der Waals surface area contributed by atoms with E-state index in [1.165, 1.54) is 0 Å². The Balaban J connectivity index is 1.99. The van der Waals surface area contributed by atoms with Crippen LogP contribution in [-0.2, 0) is 0 Å². The first-order valence-electron chi connectivity index (χ1n) is 10.6. The summed E-state index contributed by atoms with van der Waals surface area (Å²) in [6, 6.07) is 20.2. The first kappa shape index (κ1) is 22.5. The summed E-state index contributed by atoms with van der Waals surface area (Å²) in [6.45, 7) is 7.59. The molecular weight excluding hydrogens is 434 g/mol. The number of hydrogen-bond acceptors (Lipinski definition) is 3. The first-order chi connectivity index (χ1) is 15.8. The van der Waals surface area contributed by atoms with Crippen molar-refractivity contribution in [2.24, 2.45) is 0 Å². The molecule has 1 heterocycles. The van der Waals surface area contributed by atoms with Crippen molar-refractivity contribution in [3.8, 4) is 16.8 Å². The third-order valence-electron chi connectivity index (χ3n) is 5.74. The Labute approximate surface area is 197 Å². The van der Waals surface area contributed by atoms with E-state index in [1.54, 1.807) is 41.9 Å². The van der Waals surface area contributed by atoms with E-state index in [4.69, 9.17) is 11.6 Å². The molecule has 0 bridgehead atoms. The van der Waals surface area contributed by atoms with E-state index in [1.807, 2.05) is 57.2 Å². The lowest BCUT2D eigenvalue weighted by atomic mass is 10.0. The molecule has 0 unspecified atom stereocenters. The first-order valence-corrected chi connectivity index (χ1v) is 11.0. The third kappa shape index (κ3) is 4.45. The van der Waals surface area contributed by atoms with Crippen LogP contribution >= 0.6 is 11.6 Å². The topological polar surface area (TPSA) is 64.0 Å². The van der Waals surface area contributed by atoms with Crippen molar-refractivity contribution >= 4 is 23.3 Å². The second-order valence-corrected chi connectivity index (χ2v) is 8.53. The Morgan fingerprint density at radius 1 is 0.879 bits per heavy atom. The SMILES string of the molecule is Cc1ccc(-n2nc(C)c(=O)c(-c3ccc(Cl)cc3)c2NC(=O)c2ccccc2C)cc1C. The van der Waals surface area contributed by atoms with Crippen LogP contribution in [0, 0.1) is 27.7 Å². The molecular formula is C27H24ClN3O2. The molecule has 0 saturated carbocycles. The molecule has 5 nitrogen and oxygen atoms in total. The standard InChI is InChI=1S/C27H24ClN3O2/c1-16-9-14-22(15-18(16)3)31-26(29-27(33)23-8-6-5-7-17(23)2)24(25(32)19(4)30-31)20-10-12-21(28)13-11-20/h5-15H,1-4H3,(H,29,33). The summed E-state index contributed by atoms with van der Waals surface area (Å²) in [7, 11) is 0. The number of carbonyl (C=O) groups is 1. The minimum atomic E-state index is -0.314. The zero-order valence-corrected chi connectivity index (χ0v) is 19.7. The van der Waals surface area contributed by atoms with Crippen LogP contribution in [0.4, 0.5) is 5.82 Å². The van der Waals surface area contributed by atoms with Crippen molar-refractivity contribution in [3.05, 3.63) is 110 Å². The van der Waals surface area contributed by atoms with Gasteiger partial charge in [0.15, 0.2) is 0 Å². The molecule has 0 spiro atoms. The van der Waals surface area contributed by atoms with Gasteiger partial charge in [0.2, 0.25) is 5.43 Å². The summed E-state index contributed by atoms with van der Waals surface area (Å²) in [5.41, 5.74) is 5.41. The van der Waals surface area contributed by atoms with Gasteiger partial charge in [-0.15, -0.1) is 0 Å². The summed E-state index contributed by atoms with van der Waals surface area (Å²) < 4.78 is 1.63. The zero-order valence-electron chi connectivity index (χ0n) is 18.9. The normalized spacial score (nSPS) is 10.8. The molecule has 4 aromatic rings. The van der Waals surface area contributed by atoms with Gasteiger partial charge in [-0.25, -0.2) is 4.68 Å². The molecule has 0 aliphatic carbocycles. The van der Waals surface area contributed by atoms with Crippen molar-refractivity contribution in [2.75, 3.05) is 5.32 Å². The van der Waals surface area contributed by atoms with Crippen LogP contribution in [0.3, 0.4) is 0 Å². The molecule has 1 amide bonds. The van der Waals surface area contributed by atoms with Gasteiger partial charge in [-0.3, -0.25) is 9.59 Å². The van der Waals surface area contributed by atoms with E-state index in [2.05, 4.69) is 10.4 Å². The summed E-state index contributed by atoms with van der Waals surface area (Å²) in [6.07, 6.45) is 0. The number of hydrogen-bond donors (Lipinski definition) is 1. The Kier molecular flexibility index (Phi) is 6.16. The Morgan fingerprint density at radius 3 is 2.24 bits per heavy atom. The zero-order chi connectivity index (χ0) is 23.7. The quantitative estimate of drug-likeness (QED) is 0.406. The van der Waals surface area contributed by atoms with Crippen LogP contribution in [0.25, 0.3) is 16.8 Å². The highest BCUT2D eigenvalue weighted by molar-refractivity contribution is 6.30. The van der Waals surface area contributed by atoms with Crippen LogP contribution in [0.1, 0.15) is 32.7 Å². The second kappa shape index (κ2) is 9.04. The van der Waals surface area contributed by atoms with Crippen molar-refractivity contribution in [1.29, 1.82) is 0 Å². The number of amides is 1. The molecule has 6 heteroatoms. The van der Waals surface area contributed by atoms with Gasteiger partial charge in [0.25, 0.3) is 5.91 Å². The van der Waals surface area contributed by atoms with Crippen LogP contribution in [0.5, 0.6) is 0 Å². The maximum atomic E-state index is 13.3. The lowest BCUT2D eigenvalue weighted by Crippen LogP contribution is -2.25. The molecule has 166 valence electrons. The van der Waals surface area contributed by atoms with Gasteiger partial charge in [-0.05, 0) is 80.3 Å². The molecule has 0 aliphatic rings. The maximum Gasteiger partial charge on any atom is 0.257 e. The number of halogens is 1. The van der Waals surface area contributed by atoms with Crippen molar-refractivity contribution in [1.82, 2.24) is 9.78 Å². The average Bonchev–Trinajstić information content (AvgIpc) is 2.79. The van der Waals surface area contributed by atoms with Crippen molar-refractivity contribution < 1.29 is 4.79 Å². The highest BCUT2D eigenvalue weighted by atomic mass is 35.5. The Hall–Kier alpha value is -3.70. The number of nitrogens with zero attached hydrogens (tertiary/aromatic N) is 2. The number of benzene rings is 3. The summed E-state index contributed by atoms with van der Waals surface area (Å²) in [4.78, 5) is 26.6. The molecule has 0 saturated heterocycles. The van der Waals surface area contributed by atoms with Crippen LogP contribution in [-0.4, -0.2) is 15.7 Å². The smallest absolute Gasteiger partial charge is 0.257 e. The largest absolute Gasteiger partial charge is 0.306 e. The van der Waals surface area contributed by atoms with Gasteiger partial charge < -0.3 is 5.32 Å². The average molecular weight is 458 g/mol. The van der Waals surface area contributed by atoms with Gasteiger partial charge in [-0.2, -0.15) is 5.10 Å². The molecule has 4 rings (SSSR count). The van der Waals surface area contributed by atoms with Gasteiger partial charge in [0.1, 0.15) is 11.5 Å². The maximum absolute atomic E-state index is 13.3. The number of aromatic nitrogens is 2. The number of rotatable bonds is 4. The van der Waals surface area contributed by atoms with E-state index in [9.17, 15) is 9.59 Å². The van der Waals surface area contributed by atoms with Gasteiger partial charge in [-0.1, -0.05) is 48.0 Å². The monoisotopic (exact) mass is 457 g/mol. The van der Waals surface area contributed by atoms with Crippen LogP contribution in [0.15, 0.2) is 71.5 Å². The fourth-order valence-electron chi connectivity index (χ4n) is 3.69. The van der Waals surface area contributed by atoms with E-state index >= 15 is 0 Å². The summed E-state index contributed by atoms with van der Waals surface area (Å²) >= 11 is 6.09. The molecule has 0 aliphatic heterocycles. The van der Waals surface area contributed by atoms with Crippen LogP contribution < -0.4 is 10.7 Å². The van der Waals surface area contributed by atoms with Gasteiger partial charge in [0.05, 0.1) is 11.3 Å². The Bertz CT molecular complexity index is 1420. The lowest BCUT2D eigenvalue weighted by Gasteiger charge is -2.19. The highest BCUT2D eigenvalue weighted by Gasteiger charge is 2.21. The number of carbonyl (C=O) groups excluding carboxylic acids is 1. The van der Waals surface area contributed by atoms with E-state index in [0.717, 1.165) is 22.4 Å². The number of aryl methyl sites for hydroxylation is 4. The van der Waals surface area contributed by atoms with E-state index < -0.39 is 0 Å². The fraction of sp³-hybridized carbons (Fsp3) is 0.148. The highest BCUT2D eigenvalue weighted by Crippen LogP contribution is 2.29. The van der Waals surface area contributed by atoms with Gasteiger partial charge >= 0.3 is 0 Å². The summed E-state index contributed by atoms with van der Waals surface area (Å²) in [5, 5.41) is 8.09. The molecule has 0 radical (unpaired) electrons. The summed E-state index contributed by atoms with van der Waals surface area (Å²) in [5.74, 6) is -0.00428. The lowest BCUT2D eigenvalue weighted by molar-refractivity contribution is 0.102. The number of nitrogens with one attached hydrogen (secondary N) is 1. The van der Waals surface area contributed by atoms with E-state index in [0.29, 0.717) is 33.2 Å². The molecule has 0 fully saturated rings. The Morgan fingerprint density at radius 2 is 1.58 bits per heavy atom. The van der Waals surface area contributed by atoms with Gasteiger partial charge in [0, 0.05) is 10.6 Å². The predicted octanol–water partition coefficient (Wildman–Crippen LogP) is 6.04. The van der Waals surface area contributed by atoms with Crippen molar-refractivity contribution in [3.63, 3.8) is 0 Å². The fourth-order valence-corrected chi connectivity index (χ4v) is 3.81. The third-order valence-corrected chi connectivity index (χ3v) is 6.00. The molecule has 3 aromatic carbocycles. The van der Waals surface area contributed by atoms with Crippen LogP contribution in [0.2, 0.25) is 5.02 Å². The van der Waals surface area contributed by atoms with E-state index in [-0.39, 0.29) is 11.3 Å². The second-order valence-electron chi connectivity index (χ2n) is 8.09. The minimum absolute atomic E-state index is 0.252. The molecule has 1 N–H and O–H groups in total.